The number of aliphatic imine (C=N–C) groups is 1. The summed E-state index contributed by atoms with van der Waals surface area (Å²) >= 11 is 0. The summed E-state index contributed by atoms with van der Waals surface area (Å²) in [5, 5.41) is 0. The van der Waals surface area contributed by atoms with Gasteiger partial charge in [-0.3, -0.25) is 4.99 Å². The molecule has 5 heteroatoms. The Hall–Kier alpha value is -0.820. The molecule has 1 aliphatic carbocycles. The Kier molecular flexibility index (Phi) is 8.03. The summed E-state index contributed by atoms with van der Waals surface area (Å²) in [5.74, 6) is 1.03. The molecule has 1 unspecified atom stereocenters. The molecule has 1 atom stereocenters. The Balaban J connectivity index is 0.00000220. The highest BCUT2D eigenvalue weighted by Gasteiger charge is 2.27. The number of hydrogen-bond acceptors (Lipinski definition) is 2. The van der Waals surface area contributed by atoms with Crippen molar-refractivity contribution < 1.29 is 4.74 Å². The number of guanidine groups is 1. The molecule has 0 radical (unpaired) electrons. The van der Waals surface area contributed by atoms with Crippen molar-refractivity contribution in [2.24, 2.45) is 16.6 Å². The van der Waals surface area contributed by atoms with E-state index in [2.05, 4.69) is 28.9 Å². The molecule has 4 nitrogen and oxygen atoms in total. The van der Waals surface area contributed by atoms with E-state index in [0.717, 1.165) is 6.54 Å². The smallest absolute Gasteiger partial charge is 0.191 e. The van der Waals surface area contributed by atoms with Crippen LogP contribution in [0.15, 0.2) is 35.3 Å². The van der Waals surface area contributed by atoms with E-state index in [-0.39, 0.29) is 24.0 Å². The average molecular weight is 403 g/mol. The SMILES string of the molecule is CC(CN=C(N)N(C)C1CC1)COCc1ccccc1.I. The third-order valence-corrected chi connectivity index (χ3v) is 3.53. The summed E-state index contributed by atoms with van der Waals surface area (Å²) in [6.45, 7) is 4.22. The van der Waals surface area contributed by atoms with E-state index < -0.39 is 0 Å². The molecule has 2 N–H and O–H groups in total. The minimum absolute atomic E-state index is 0. The number of nitrogens with zero attached hydrogens (tertiary/aromatic N) is 2. The van der Waals surface area contributed by atoms with E-state index >= 15 is 0 Å². The fraction of sp³-hybridized carbons (Fsp3) is 0.562. The molecule has 21 heavy (non-hydrogen) atoms. The van der Waals surface area contributed by atoms with Gasteiger partial charge < -0.3 is 15.4 Å². The second kappa shape index (κ2) is 9.25. The Labute approximate surface area is 144 Å². The van der Waals surface area contributed by atoms with E-state index in [0.29, 0.717) is 31.1 Å². The highest BCUT2D eigenvalue weighted by molar-refractivity contribution is 14.0. The average Bonchev–Trinajstić information content (AvgIpc) is 3.29. The highest BCUT2D eigenvalue weighted by Crippen LogP contribution is 2.24. The van der Waals surface area contributed by atoms with Crippen molar-refractivity contribution >= 4 is 29.9 Å². The lowest BCUT2D eigenvalue weighted by molar-refractivity contribution is 0.0944. The summed E-state index contributed by atoms with van der Waals surface area (Å²) in [4.78, 5) is 6.53. The van der Waals surface area contributed by atoms with Crippen LogP contribution in [-0.4, -0.2) is 37.1 Å². The van der Waals surface area contributed by atoms with Crippen LogP contribution in [0.1, 0.15) is 25.3 Å². The molecule has 0 saturated heterocycles. The molecule has 1 aromatic carbocycles. The first-order chi connectivity index (χ1) is 9.66. The summed E-state index contributed by atoms with van der Waals surface area (Å²) < 4.78 is 5.71. The van der Waals surface area contributed by atoms with Crippen molar-refractivity contribution in [3.63, 3.8) is 0 Å². The van der Waals surface area contributed by atoms with E-state index in [9.17, 15) is 0 Å². The molecule has 2 rings (SSSR count). The molecule has 1 aliphatic rings. The standard InChI is InChI=1S/C16H25N3O.HI/c1-13(10-18-16(17)19(2)15-8-9-15)11-20-12-14-6-4-3-5-7-14;/h3-7,13,15H,8-12H2,1-2H3,(H2,17,18);1H. The molecule has 1 fully saturated rings. The van der Waals surface area contributed by atoms with E-state index in [1.165, 1.54) is 18.4 Å². The summed E-state index contributed by atoms with van der Waals surface area (Å²) in [5.41, 5.74) is 7.17. The van der Waals surface area contributed by atoms with Crippen LogP contribution in [0.25, 0.3) is 0 Å². The number of rotatable bonds is 7. The zero-order chi connectivity index (χ0) is 14.4. The zero-order valence-electron chi connectivity index (χ0n) is 12.9. The van der Waals surface area contributed by atoms with Gasteiger partial charge in [-0.05, 0) is 24.3 Å². The van der Waals surface area contributed by atoms with Crippen molar-refractivity contribution in [3.8, 4) is 0 Å². The molecule has 0 spiro atoms. The number of benzene rings is 1. The second-order valence-corrected chi connectivity index (χ2v) is 5.65. The zero-order valence-corrected chi connectivity index (χ0v) is 15.2. The molecular formula is C16H26IN3O. The lowest BCUT2D eigenvalue weighted by Crippen LogP contribution is -2.36. The molecule has 0 aromatic heterocycles. The van der Waals surface area contributed by atoms with Gasteiger partial charge in [0.1, 0.15) is 0 Å². The summed E-state index contributed by atoms with van der Waals surface area (Å²) in [6, 6.07) is 10.8. The van der Waals surface area contributed by atoms with Crippen molar-refractivity contribution in [1.82, 2.24) is 4.90 Å². The van der Waals surface area contributed by atoms with Crippen LogP contribution in [0.2, 0.25) is 0 Å². The maximum absolute atomic E-state index is 5.96. The van der Waals surface area contributed by atoms with Gasteiger partial charge in [-0.2, -0.15) is 0 Å². The van der Waals surface area contributed by atoms with Crippen LogP contribution in [0, 0.1) is 5.92 Å². The maximum Gasteiger partial charge on any atom is 0.191 e. The number of halogens is 1. The fourth-order valence-electron chi connectivity index (χ4n) is 2.01. The third-order valence-electron chi connectivity index (χ3n) is 3.53. The van der Waals surface area contributed by atoms with Crippen molar-refractivity contribution in [2.45, 2.75) is 32.4 Å². The highest BCUT2D eigenvalue weighted by atomic mass is 127. The van der Waals surface area contributed by atoms with Crippen LogP contribution >= 0.6 is 24.0 Å². The van der Waals surface area contributed by atoms with Gasteiger partial charge in [0, 0.05) is 19.6 Å². The number of nitrogens with two attached hydrogens (primary N) is 1. The van der Waals surface area contributed by atoms with E-state index in [1.807, 2.05) is 25.2 Å². The Morgan fingerprint density at radius 1 is 1.38 bits per heavy atom. The largest absolute Gasteiger partial charge is 0.376 e. The molecule has 0 amide bonds. The van der Waals surface area contributed by atoms with Crippen LogP contribution in [0.5, 0.6) is 0 Å². The van der Waals surface area contributed by atoms with Gasteiger partial charge in [-0.15, -0.1) is 24.0 Å². The molecule has 0 bridgehead atoms. The topological polar surface area (TPSA) is 50.8 Å². The Bertz CT molecular complexity index is 434. The van der Waals surface area contributed by atoms with Crippen LogP contribution in [0.4, 0.5) is 0 Å². The monoisotopic (exact) mass is 403 g/mol. The summed E-state index contributed by atoms with van der Waals surface area (Å²) in [7, 11) is 2.02. The second-order valence-electron chi connectivity index (χ2n) is 5.65. The fourth-order valence-corrected chi connectivity index (χ4v) is 2.01. The number of hydrogen-bond donors (Lipinski definition) is 1. The maximum atomic E-state index is 5.96. The minimum atomic E-state index is 0. The molecular weight excluding hydrogens is 377 g/mol. The van der Waals surface area contributed by atoms with Crippen molar-refractivity contribution in [3.05, 3.63) is 35.9 Å². The molecule has 1 saturated carbocycles. The van der Waals surface area contributed by atoms with Crippen molar-refractivity contribution in [2.75, 3.05) is 20.2 Å². The first-order valence-electron chi connectivity index (χ1n) is 7.31. The Morgan fingerprint density at radius 3 is 2.67 bits per heavy atom. The first kappa shape index (κ1) is 18.2. The van der Waals surface area contributed by atoms with Crippen LogP contribution in [-0.2, 0) is 11.3 Å². The molecule has 0 heterocycles. The third kappa shape index (κ3) is 6.65. The van der Waals surface area contributed by atoms with Crippen LogP contribution in [0.3, 0.4) is 0 Å². The minimum Gasteiger partial charge on any atom is -0.376 e. The predicted molar refractivity (Wildman–Crippen MR) is 98.0 cm³/mol. The molecule has 0 aliphatic heterocycles. The van der Waals surface area contributed by atoms with Gasteiger partial charge in [-0.1, -0.05) is 37.3 Å². The lowest BCUT2D eigenvalue weighted by Gasteiger charge is -2.18. The number of ether oxygens (including phenoxy) is 1. The van der Waals surface area contributed by atoms with Gasteiger partial charge in [-0.25, -0.2) is 0 Å². The predicted octanol–water partition coefficient (Wildman–Crippen LogP) is 2.87. The van der Waals surface area contributed by atoms with Gasteiger partial charge >= 0.3 is 0 Å². The van der Waals surface area contributed by atoms with Crippen molar-refractivity contribution in [1.29, 1.82) is 0 Å². The Morgan fingerprint density at radius 2 is 2.05 bits per heavy atom. The van der Waals surface area contributed by atoms with Gasteiger partial charge in [0.25, 0.3) is 0 Å². The van der Waals surface area contributed by atoms with Crippen LogP contribution < -0.4 is 5.73 Å². The normalized spacial score (nSPS) is 16.2. The first-order valence-corrected chi connectivity index (χ1v) is 7.31. The van der Waals surface area contributed by atoms with Gasteiger partial charge in [0.15, 0.2) is 5.96 Å². The molecule has 118 valence electrons. The quantitative estimate of drug-likeness (QED) is 0.433. The summed E-state index contributed by atoms with van der Waals surface area (Å²) in [6.07, 6.45) is 2.48. The van der Waals surface area contributed by atoms with Gasteiger partial charge in [0.05, 0.1) is 13.2 Å². The van der Waals surface area contributed by atoms with E-state index in [4.69, 9.17) is 10.5 Å². The lowest BCUT2D eigenvalue weighted by atomic mass is 10.2. The van der Waals surface area contributed by atoms with Gasteiger partial charge in [0.2, 0.25) is 0 Å². The molecule has 1 aromatic rings. The van der Waals surface area contributed by atoms with E-state index in [1.54, 1.807) is 0 Å².